The number of carbonyl (C=O) groups excluding carboxylic acids is 2. The molecule has 0 aliphatic rings. The zero-order valence-corrected chi connectivity index (χ0v) is 18.2. The first-order chi connectivity index (χ1) is 14.5. The van der Waals surface area contributed by atoms with Crippen LogP contribution in [-0.2, 0) is 4.79 Å². The van der Waals surface area contributed by atoms with Crippen LogP contribution in [0.15, 0.2) is 48.5 Å². The van der Waals surface area contributed by atoms with Crippen LogP contribution in [-0.4, -0.2) is 25.0 Å². The van der Waals surface area contributed by atoms with E-state index in [2.05, 4.69) is 13.8 Å². The van der Waals surface area contributed by atoms with Crippen LogP contribution in [0.4, 0.5) is 0 Å². The SMILES string of the molecule is CCCCC(CC)COc1ccc(OCC(=O)Oc2ccc(C(=O)CC)cc2)cc1. The maximum atomic E-state index is 12.0. The van der Waals surface area contributed by atoms with Gasteiger partial charge in [0.1, 0.15) is 17.2 Å². The van der Waals surface area contributed by atoms with Crippen LogP contribution in [0, 0.1) is 5.92 Å². The molecular formula is C25H32O5. The highest BCUT2D eigenvalue weighted by atomic mass is 16.6. The summed E-state index contributed by atoms with van der Waals surface area (Å²) in [6.07, 6.45) is 5.17. The number of benzene rings is 2. The summed E-state index contributed by atoms with van der Waals surface area (Å²) in [5.74, 6) is 1.86. The van der Waals surface area contributed by atoms with Crippen LogP contribution < -0.4 is 14.2 Å². The molecule has 5 nitrogen and oxygen atoms in total. The molecule has 0 saturated heterocycles. The molecule has 0 radical (unpaired) electrons. The molecule has 0 fully saturated rings. The van der Waals surface area contributed by atoms with Crippen LogP contribution in [0.3, 0.4) is 0 Å². The average molecular weight is 413 g/mol. The molecule has 5 heteroatoms. The third-order valence-electron chi connectivity index (χ3n) is 4.94. The Hall–Kier alpha value is -2.82. The van der Waals surface area contributed by atoms with E-state index in [4.69, 9.17) is 14.2 Å². The normalized spacial score (nSPS) is 11.6. The predicted molar refractivity (Wildman–Crippen MR) is 117 cm³/mol. The maximum Gasteiger partial charge on any atom is 0.349 e. The lowest BCUT2D eigenvalue weighted by atomic mass is 10.0. The van der Waals surface area contributed by atoms with Gasteiger partial charge in [0.2, 0.25) is 0 Å². The Morgan fingerprint density at radius 1 is 0.833 bits per heavy atom. The predicted octanol–water partition coefficient (Wildman–Crippen LogP) is 5.86. The standard InChI is InChI=1S/C25H32O5/c1-4-7-8-19(5-2)17-28-21-13-15-22(16-14-21)29-18-25(27)30-23-11-9-20(10-12-23)24(26)6-3/h9-16,19H,4-8,17-18H2,1-3H3. The molecule has 0 saturated carbocycles. The maximum absolute atomic E-state index is 12.0. The lowest BCUT2D eigenvalue weighted by Crippen LogP contribution is -2.17. The second-order valence-electron chi connectivity index (χ2n) is 7.26. The smallest absolute Gasteiger partial charge is 0.349 e. The summed E-state index contributed by atoms with van der Waals surface area (Å²) in [5.41, 5.74) is 0.603. The summed E-state index contributed by atoms with van der Waals surface area (Å²) < 4.78 is 16.6. The number of rotatable bonds is 13. The molecule has 2 aromatic carbocycles. The molecule has 2 rings (SSSR count). The van der Waals surface area contributed by atoms with Crippen molar-refractivity contribution in [2.24, 2.45) is 5.92 Å². The summed E-state index contributed by atoms with van der Waals surface area (Å²) in [6, 6.07) is 13.8. The Kier molecular flexibility index (Phi) is 9.92. The molecule has 0 spiro atoms. The lowest BCUT2D eigenvalue weighted by Gasteiger charge is -2.15. The Bertz CT molecular complexity index is 780. The fourth-order valence-corrected chi connectivity index (χ4v) is 2.96. The molecule has 2 aromatic rings. The van der Waals surface area contributed by atoms with Gasteiger partial charge in [-0.1, -0.05) is 40.0 Å². The third kappa shape index (κ3) is 7.90. The Labute approximate surface area is 179 Å². The van der Waals surface area contributed by atoms with Crippen molar-refractivity contribution in [1.82, 2.24) is 0 Å². The second-order valence-corrected chi connectivity index (χ2v) is 7.26. The number of esters is 1. The topological polar surface area (TPSA) is 61.8 Å². The average Bonchev–Trinajstić information content (AvgIpc) is 2.78. The summed E-state index contributed by atoms with van der Waals surface area (Å²) in [6.45, 7) is 6.71. The van der Waals surface area contributed by atoms with Crippen molar-refractivity contribution in [2.45, 2.75) is 52.9 Å². The highest BCUT2D eigenvalue weighted by Crippen LogP contribution is 2.20. The van der Waals surface area contributed by atoms with Crippen molar-refractivity contribution in [1.29, 1.82) is 0 Å². The van der Waals surface area contributed by atoms with E-state index in [1.54, 1.807) is 36.4 Å². The number of hydrogen-bond acceptors (Lipinski definition) is 5. The van der Waals surface area contributed by atoms with Gasteiger partial charge in [0.05, 0.1) is 6.61 Å². The molecule has 0 N–H and O–H groups in total. The van der Waals surface area contributed by atoms with Gasteiger partial charge in [-0.2, -0.15) is 0 Å². The third-order valence-corrected chi connectivity index (χ3v) is 4.94. The van der Waals surface area contributed by atoms with Gasteiger partial charge in [-0.3, -0.25) is 4.79 Å². The first kappa shape index (κ1) is 23.5. The van der Waals surface area contributed by atoms with Crippen molar-refractivity contribution in [3.63, 3.8) is 0 Å². The minimum atomic E-state index is -0.508. The molecule has 0 amide bonds. The minimum absolute atomic E-state index is 0.0508. The van der Waals surface area contributed by atoms with Crippen molar-refractivity contribution < 1.29 is 23.8 Å². The van der Waals surface area contributed by atoms with Crippen molar-refractivity contribution >= 4 is 11.8 Å². The fraction of sp³-hybridized carbons (Fsp3) is 0.440. The first-order valence-corrected chi connectivity index (χ1v) is 10.7. The molecule has 162 valence electrons. The van der Waals surface area contributed by atoms with Crippen LogP contribution in [0.5, 0.6) is 17.2 Å². The molecule has 0 aliphatic carbocycles. The number of ketones is 1. The summed E-state index contributed by atoms with van der Waals surface area (Å²) >= 11 is 0. The van der Waals surface area contributed by atoms with E-state index in [-0.39, 0.29) is 12.4 Å². The monoisotopic (exact) mass is 412 g/mol. The van der Waals surface area contributed by atoms with Gasteiger partial charge >= 0.3 is 5.97 Å². The van der Waals surface area contributed by atoms with E-state index in [1.807, 2.05) is 19.1 Å². The number of unbranched alkanes of at least 4 members (excludes halogenated alkanes) is 1. The van der Waals surface area contributed by atoms with E-state index in [0.29, 0.717) is 36.0 Å². The quantitative estimate of drug-likeness (QED) is 0.234. The van der Waals surface area contributed by atoms with Crippen LogP contribution in [0.25, 0.3) is 0 Å². The van der Waals surface area contributed by atoms with Gasteiger partial charge < -0.3 is 14.2 Å². The number of hydrogen-bond donors (Lipinski definition) is 0. The van der Waals surface area contributed by atoms with Gasteiger partial charge in [-0.05, 0) is 60.9 Å². The summed E-state index contributed by atoms with van der Waals surface area (Å²) in [4.78, 5) is 23.6. The van der Waals surface area contributed by atoms with Crippen LogP contribution in [0.1, 0.15) is 63.2 Å². The number of Topliss-reactive ketones (excluding diaryl/α,β-unsaturated/α-hetero) is 1. The van der Waals surface area contributed by atoms with E-state index < -0.39 is 5.97 Å². The molecule has 1 atom stereocenters. The Balaban J connectivity index is 1.76. The van der Waals surface area contributed by atoms with Crippen LogP contribution in [0.2, 0.25) is 0 Å². The number of carbonyl (C=O) groups is 2. The van der Waals surface area contributed by atoms with E-state index >= 15 is 0 Å². The number of ether oxygens (including phenoxy) is 3. The van der Waals surface area contributed by atoms with E-state index in [1.165, 1.54) is 19.3 Å². The zero-order valence-electron chi connectivity index (χ0n) is 18.2. The van der Waals surface area contributed by atoms with Gasteiger partial charge in [0.25, 0.3) is 0 Å². The van der Waals surface area contributed by atoms with Crippen molar-refractivity contribution in [2.75, 3.05) is 13.2 Å². The molecule has 0 aromatic heterocycles. The highest BCUT2D eigenvalue weighted by molar-refractivity contribution is 5.95. The molecule has 0 aliphatic heterocycles. The lowest BCUT2D eigenvalue weighted by molar-refractivity contribution is -0.136. The molecule has 0 bridgehead atoms. The minimum Gasteiger partial charge on any atom is -0.493 e. The molecular weight excluding hydrogens is 380 g/mol. The van der Waals surface area contributed by atoms with Gasteiger partial charge in [0, 0.05) is 12.0 Å². The summed E-state index contributed by atoms with van der Waals surface area (Å²) in [5, 5.41) is 0. The van der Waals surface area contributed by atoms with Gasteiger partial charge in [0.15, 0.2) is 12.4 Å². The van der Waals surface area contributed by atoms with Crippen molar-refractivity contribution in [3.05, 3.63) is 54.1 Å². The molecule has 1 unspecified atom stereocenters. The second kappa shape index (κ2) is 12.7. The molecule has 0 heterocycles. The van der Waals surface area contributed by atoms with E-state index in [9.17, 15) is 9.59 Å². The molecule has 30 heavy (non-hydrogen) atoms. The van der Waals surface area contributed by atoms with Crippen LogP contribution >= 0.6 is 0 Å². The fourth-order valence-electron chi connectivity index (χ4n) is 2.96. The zero-order chi connectivity index (χ0) is 21.8. The van der Waals surface area contributed by atoms with Gasteiger partial charge in [-0.15, -0.1) is 0 Å². The Morgan fingerprint density at radius 2 is 1.43 bits per heavy atom. The van der Waals surface area contributed by atoms with E-state index in [0.717, 1.165) is 12.2 Å². The first-order valence-electron chi connectivity index (χ1n) is 10.7. The Morgan fingerprint density at radius 3 is 2.00 bits per heavy atom. The van der Waals surface area contributed by atoms with Crippen molar-refractivity contribution in [3.8, 4) is 17.2 Å². The highest BCUT2D eigenvalue weighted by Gasteiger charge is 2.09. The summed E-state index contributed by atoms with van der Waals surface area (Å²) in [7, 11) is 0. The largest absolute Gasteiger partial charge is 0.493 e. The van der Waals surface area contributed by atoms with Gasteiger partial charge in [-0.25, -0.2) is 4.79 Å².